The summed E-state index contributed by atoms with van der Waals surface area (Å²) in [7, 11) is 0. The van der Waals surface area contributed by atoms with Gasteiger partial charge in [-0.2, -0.15) is 0 Å². The van der Waals surface area contributed by atoms with Crippen LogP contribution in [0.5, 0.6) is 0 Å². The monoisotopic (exact) mass is 241 g/mol. The number of fused-ring (bicyclic) bond motifs is 1. The molecule has 4 heteroatoms. The van der Waals surface area contributed by atoms with Crippen LogP contribution in [0.3, 0.4) is 0 Å². The van der Waals surface area contributed by atoms with E-state index in [1.165, 1.54) is 19.4 Å². The maximum Gasteiger partial charge on any atom is 0.0602 e. The van der Waals surface area contributed by atoms with Crippen molar-refractivity contribution in [3.8, 4) is 0 Å². The third-order valence-corrected chi connectivity index (χ3v) is 4.49. The van der Waals surface area contributed by atoms with Crippen LogP contribution in [-0.4, -0.2) is 65.8 Å². The molecule has 0 bridgehead atoms. The largest absolute Gasteiger partial charge is 0.395 e. The number of aliphatic hydroxyl groups excluding tert-OH is 1. The molecule has 0 radical (unpaired) electrons. The van der Waals surface area contributed by atoms with Crippen LogP contribution in [0.15, 0.2) is 0 Å². The first kappa shape index (κ1) is 13.3. The molecule has 100 valence electrons. The number of nitrogens with two attached hydrogens (primary N) is 1. The van der Waals surface area contributed by atoms with Crippen LogP contribution in [0, 0.1) is 5.92 Å². The van der Waals surface area contributed by atoms with E-state index < -0.39 is 0 Å². The quantitative estimate of drug-likeness (QED) is 0.733. The first-order valence-electron chi connectivity index (χ1n) is 6.98. The second-order valence-corrected chi connectivity index (χ2v) is 5.90. The Balaban J connectivity index is 1.96. The Morgan fingerprint density at radius 3 is 2.71 bits per heavy atom. The van der Waals surface area contributed by atoms with Crippen molar-refractivity contribution in [3.05, 3.63) is 0 Å². The Bertz CT molecular complexity index is 247. The molecule has 0 aromatic heterocycles. The van der Waals surface area contributed by atoms with Crippen LogP contribution in [-0.2, 0) is 0 Å². The average molecular weight is 241 g/mol. The van der Waals surface area contributed by atoms with Crippen molar-refractivity contribution in [3.63, 3.8) is 0 Å². The Labute approximate surface area is 105 Å². The van der Waals surface area contributed by atoms with Crippen molar-refractivity contribution in [1.82, 2.24) is 9.80 Å². The van der Waals surface area contributed by atoms with Crippen molar-refractivity contribution < 1.29 is 5.11 Å². The minimum absolute atomic E-state index is 0.0768. The molecule has 2 heterocycles. The molecule has 2 rings (SSSR count). The Kier molecular flexibility index (Phi) is 4.42. The van der Waals surface area contributed by atoms with Gasteiger partial charge in [0.15, 0.2) is 0 Å². The van der Waals surface area contributed by atoms with Gasteiger partial charge in [-0.05, 0) is 25.3 Å². The molecular formula is C13H27N3O. The summed E-state index contributed by atoms with van der Waals surface area (Å²) >= 11 is 0. The maximum absolute atomic E-state index is 9.60. The van der Waals surface area contributed by atoms with Gasteiger partial charge in [0.2, 0.25) is 0 Å². The molecule has 2 aliphatic heterocycles. The van der Waals surface area contributed by atoms with E-state index in [0.29, 0.717) is 12.0 Å². The lowest BCUT2D eigenvalue weighted by Gasteiger charge is -2.43. The van der Waals surface area contributed by atoms with Crippen LogP contribution in [0.4, 0.5) is 0 Å². The molecule has 2 saturated heterocycles. The molecule has 0 aliphatic carbocycles. The fraction of sp³-hybridized carbons (Fsp3) is 1.00. The highest BCUT2D eigenvalue weighted by atomic mass is 16.3. The van der Waals surface area contributed by atoms with Gasteiger partial charge in [-0.15, -0.1) is 0 Å². The topological polar surface area (TPSA) is 52.7 Å². The molecule has 0 saturated carbocycles. The van der Waals surface area contributed by atoms with Crippen LogP contribution in [0.2, 0.25) is 0 Å². The third-order valence-electron chi connectivity index (χ3n) is 4.49. The van der Waals surface area contributed by atoms with Crippen molar-refractivity contribution in [2.24, 2.45) is 11.7 Å². The number of hydrogen-bond donors (Lipinski definition) is 2. The molecule has 4 nitrogen and oxygen atoms in total. The number of hydrogen-bond acceptors (Lipinski definition) is 4. The van der Waals surface area contributed by atoms with Crippen LogP contribution in [0.1, 0.15) is 26.7 Å². The molecule has 3 N–H and O–H groups in total. The average Bonchev–Trinajstić information content (AvgIpc) is 2.77. The first-order valence-corrected chi connectivity index (χ1v) is 6.98. The predicted molar refractivity (Wildman–Crippen MR) is 69.9 cm³/mol. The highest BCUT2D eigenvalue weighted by Crippen LogP contribution is 2.23. The van der Waals surface area contributed by atoms with Gasteiger partial charge in [0.25, 0.3) is 0 Å². The van der Waals surface area contributed by atoms with Crippen LogP contribution in [0.25, 0.3) is 0 Å². The summed E-state index contributed by atoms with van der Waals surface area (Å²) in [6.07, 6.45) is 2.64. The summed E-state index contributed by atoms with van der Waals surface area (Å²) in [5.41, 5.74) is 6.22. The molecular weight excluding hydrogens is 214 g/mol. The fourth-order valence-corrected chi connectivity index (χ4v) is 3.24. The van der Waals surface area contributed by atoms with E-state index in [1.54, 1.807) is 0 Å². The molecule has 3 atom stereocenters. The summed E-state index contributed by atoms with van der Waals surface area (Å²) in [5.74, 6) is 0.425. The number of piperazine rings is 1. The van der Waals surface area contributed by atoms with Gasteiger partial charge in [-0.3, -0.25) is 9.80 Å². The SMILES string of the molecule is CC(C)C(N)C(CO)N1CCN2CCCC2C1. The van der Waals surface area contributed by atoms with Crippen molar-refractivity contribution >= 4 is 0 Å². The highest BCUT2D eigenvalue weighted by molar-refractivity contribution is 4.92. The summed E-state index contributed by atoms with van der Waals surface area (Å²) in [4.78, 5) is 5.00. The molecule has 3 unspecified atom stereocenters. The van der Waals surface area contributed by atoms with E-state index in [1.807, 2.05) is 0 Å². The lowest BCUT2D eigenvalue weighted by molar-refractivity contribution is 0.0297. The minimum atomic E-state index is 0.0768. The number of rotatable bonds is 4. The van der Waals surface area contributed by atoms with E-state index in [-0.39, 0.29) is 18.7 Å². The Hall–Kier alpha value is -0.160. The standard InChI is InChI=1S/C13H27N3O/c1-10(2)13(14)12(9-17)16-7-6-15-5-3-4-11(15)8-16/h10-13,17H,3-9,14H2,1-2H3. The Morgan fingerprint density at radius 2 is 2.06 bits per heavy atom. The lowest BCUT2D eigenvalue weighted by Crippen LogP contribution is -2.60. The fourth-order valence-electron chi connectivity index (χ4n) is 3.24. The number of aliphatic hydroxyl groups is 1. The zero-order valence-corrected chi connectivity index (χ0v) is 11.2. The molecule has 17 heavy (non-hydrogen) atoms. The van der Waals surface area contributed by atoms with Gasteiger partial charge in [0.05, 0.1) is 6.61 Å². The Morgan fingerprint density at radius 1 is 1.29 bits per heavy atom. The predicted octanol–water partition coefficient (Wildman–Crippen LogP) is 0.111. The van der Waals surface area contributed by atoms with Gasteiger partial charge in [-0.25, -0.2) is 0 Å². The lowest BCUT2D eigenvalue weighted by atomic mass is 9.95. The van der Waals surface area contributed by atoms with Gasteiger partial charge in [-0.1, -0.05) is 13.8 Å². The summed E-state index contributed by atoms with van der Waals surface area (Å²) in [5, 5.41) is 9.60. The van der Waals surface area contributed by atoms with Crippen LogP contribution < -0.4 is 5.73 Å². The van der Waals surface area contributed by atoms with Gasteiger partial charge in [0, 0.05) is 37.8 Å². The summed E-state index contributed by atoms with van der Waals surface area (Å²) < 4.78 is 0. The summed E-state index contributed by atoms with van der Waals surface area (Å²) in [6, 6.07) is 0.919. The third kappa shape index (κ3) is 2.81. The van der Waals surface area contributed by atoms with E-state index in [9.17, 15) is 5.11 Å². The highest BCUT2D eigenvalue weighted by Gasteiger charge is 2.35. The second kappa shape index (κ2) is 5.65. The smallest absolute Gasteiger partial charge is 0.0602 e. The molecule has 0 spiro atoms. The van der Waals surface area contributed by atoms with Gasteiger partial charge >= 0.3 is 0 Å². The van der Waals surface area contributed by atoms with E-state index in [2.05, 4.69) is 23.6 Å². The zero-order chi connectivity index (χ0) is 12.4. The van der Waals surface area contributed by atoms with Gasteiger partial charge < -0.3 is 10.8 Å². The minimum Gasteiger partial charge on any atom is -0.395 e. The van der Waals surface area contributed by atoms with E-state index >= 15 is 0 Å². The molecule has 0 aromatic carbocycles. The van der Waals surface area contributed by atoms with E-state index in [4.69, 9.17) is 5.73 Å². The van der Waals surface area contributed by atoms with Crippen molar-refractivity contribution in [2.75, 3.05) is 32.8 Å². The molecule has 2 aliphatic rings. The summed E-state index contributed by atoms with van der Waals surface area (Å²) in [6.45, 7) is 9.02. The second-order valence-electron chi connectivity index (χ2n) is 5.90. The molecule has 2 fully saturated rings. The van der Waals surface area contributed by atoms with E-state index in [0.717, 1.165) is 19.6 Å². The van der Waals surface area contributed by atoms with Crippen LogP contribution >= 0.6 is 0 Å². The molecule has 0 aromatic rings. The normalized spacial score (nSPS) is 30.5. The molecule has 0 amide bonds. The van der Waals surface area contributed by atoms with Crippen molar-refractivity contribution in [2.45, 2.75) is 44.8 Å². The maximum atomic E-state index is 9.60. The van der Waals surface area contributed by atoms with Crippen molar-refractivity contribution in [1.29, 1.82) is 0 Å². The first-order chi connectivity index (χ1) is 8.13. The van der Waals surface area contributed by atoms with Gasteiger partial charge in [0.1, 0.15) is 0 Å². The zero-order valence-electron chi connectivity index (χ0n) is 11.2. The number of nitrogens with zero attached hydrogens (tertiary/aromatic N) is 2.